The van der Waals surface area contributed by atoms with Gasteiger partial charge in [0.05, 0.1) is 23.5 Å². The summed E-state index contributed by atoms with van der Waals surface area (Å²) in [6.45, 7) is 2.06. The molecule has 0 atom stereocenters. The van der Waals surface area contributed by atoms with E-state index in [-0.39, 0.29) is 5.91 Å². The molecule has 3 aromatic rings. The summed E-state index contributed by atoms with van der Waals surface area (Å²) in [6.07, 6.45) is 4.08. The highest BCUT2D eigenvalue weighted by molar-refractivity contribution is 6.09. The van der Waals surface area contributed by atoms with E-state index in [0.29, 0.717) is 16.8 Å². The van der Waals surface area contributed by atoms with Crippen molar-refractivity contribution in [2.24, 2.45) is 0 Å². The Morgan fingerprint density at radius 3 is 2.39 bits per heavy atom. The van der Waals surface area contributed by atoms with E-state index in [2.05, 4.69) is 21.3 Å². The summed E-state index contributed by atoms with van der Waals surface area (Å²) in [5.74, 6) is 0.720. The van der Waals surface area contributed by atoms with E-state index in [0.717, 1.165) is 30.0 Å². The van der Waals surface area contributed by atoms with Gasteiger partial charge in [-0.3, -0.25) is 4.79 Å². The third-order valence-corrected chi connectivity index (χ3v) is 4.95. The first-order chi connectivity index (χ1) is 13.8. The lowest BCUT2D eigenvalue weighted by Gasteiger charge is -2.16. The summed E-state index contributed by atoms with van der Waals surface area (Å²) < 4.78 is 0. The first-order valence-electron chi connectivity index (χ1n) is 9.37. The van der Waals surface area contributed by atoms with Crippen molar-refractivity contribution in [2.75, 3.05) is 23.3 Å². The Bertz CT molecular complexity index is 1030. The second-order valence-corrected chi connectivity index (χ2v) is 6.76. The van der Waals surface area contributed by atoms with Crippen LogP contribution in [0.5, 0.6) is 0 Å². The molecule has 1 N–H and O–H groups in total. The third kappa shape index (κ3) is 3.58. The number of aromatic nitrogens is 1. The second-order valence-electron chi connectivity index (χ2n) is 6.76. The predicted molar refractivity (Wildman–Crippen MR) is 110 cm³/mol. The van der Waals surface area contributed by atoms with Gasteiger partial charge in [0.25, 0.3) is 5.91 Å². The molecule has 138 valence electrons. The maximum absolute atomic E-state index is 12.9. The summed E-state index contributed by atoms with van der Waals surface area (Å²) in [5, 5.41) is 12.3. The van der Waals surface area contributed by atoms with Crippen LogP contribution in [0.1, 0.15) is 28.8 Å². The van der Waals surface area contributed by atoms with E-state index in [1.54, 1.807) is 18.3 Å². The van der Waals surface area contributed by atoms with Crippen LogP contribution in [0.15, 0.2) is 66.9 Å². The predicted octanol–water partition coefficient (Wildman–Crippen LogP) is 4.47. The second kappa shape index (κ2) is 7.93. The molecule has 4 rings (SSSR count). The number of hydrogen-bond acceptors (Lipinski definition) is 4. The van der Waals surface area contributed by atoms with Crippen molar-refractivity contribution in [3.05, 3.63) is 78.0 Å². The lowest BCUT2D eigenvalue weighted by Crippen LogP contribution is -2.19. The molecule has 2 heterocycles. The first kappa shape index (κ1) is 17.7. The highest BCUT2D eigenvalue weighted by Crippen LogP contribution is 2.27. The van der Waals surface area contributed by atoms with Crippen LogP contribution in [0, 0.1) is 11.3 Å². The van der Waals surface area contributed by atoms with E-state index in [4.69, 9.17) is 0 Å². The van der Waals surface area contributed by atoms with Crippen LogP contribution in [0.3, 0.4) is 0 Å². The van der Waals surface area contributed by atoms with Crippen molar-refractivity contribution < 1.29 is 4.79 Å². The Kier molecular flexibility index (Phi) is 5.03. The number of rotatable bonds is 4. The zero-order valence-corrected chi connectivity index (χ0v) is 15.4. The topological polar surface area (TPSA) is 69.0 Å². The van der Waals surface area contributed by atoms with Crippen molar-refractivity contribution in [3.8, 4) is 17.2 Å². The fraction of sp³-hybridized carbons (Fsp3) is 0.174. The highest BCUT2D eigenvalue weighted by atomic mass is 16.1. The highest BCUT2D eigenvalue weighted by Gasteiger charge is 2.16. The molecular formula is C23H20N4O. The van der Waals surface area contributed by atoms with Gasteiger partial charge in [-0.25, -0.2) is 4.98 Å². The maximum atomic E-state index is 12.9. The monoisotopic (exact) mass is 368 g/mol. The van der Waals surface area contributed by atoms with E-state index in [9.17, 15) is 10.1 Å². The van der Waals surface area contributed by atoms with Crippen LogP contribution >= 0.6 is 0 Å². The van der Waals surface area contributed by atoms with Gasteiger partial charge in [-0.15, -0.1) is 0 Å². The van der Waals surface area contributed by atoms with Gasteiger partial charge in [-0.1, -0.05) is 36.4 Å². The van der Waals surface area contributed by atoms with Crippen molar-refractivity contribution in [1.82, 2.24) is 4.98 Å². The number of anilines is 2. The first-order valence-corrected chi connectivity index (χ1v) is 9.37. The number of carbonyl (C=O) groups excluding carboxylic acids is 1. The van der Waals surface area contributed by atoms with Gasteiger partial charge >= 0.3 is 0 Å². The van der Waals surface area contributed by atoms with Crippen LogP contribution in [0.4, 0.5) is 11.5 Å². The Labute approximate surface area is 164 Å². The molecule has 0 bridgehead atoms. The molecule has 0 aliphatic carbocycles. The van der Waals surface area contributed by atoms with Gasteiger partial charge in [0.15, 0.2) is 0 Å². The molecule has 0 unspecified atom stereocenters. The molecule has 1 aliphatic rings. The molecule has 1 aliphatic heterocycles. The lowest BCUT2D eigenvalue weighted by molar-refractivity contribution is 0.102. The standard InChI is InChI=1S/C23H20N4O/c24-15-17-7-1-2-8-19(17)20-9-3-4-10-21(20)23(28)26-18-11-12-22(25-16-18)27-13-5-6-14-27/h1-4,7-12,16H,5-6,13-14H2,(H,26,28). The summed E-state index contributed by atoms with van der Waals surface area (Å²) in [7, 11) is 0. The minimum atomic E-state index is -0.223. The Morgan fingerprint density at radius 2 is 1.68 bits per heavy atom. The van der Waals surface area contributed by atoms with Crippen LogP contribution in [0.2, 0.25) is 0 Å². The van der Waals surface area contributed by atoms with Crippen LogP contribution in [-0.4, -0.2) is 24.0 Å². The number of carbonyl (C=O) groups is 1. The van der Waals surface area contributed by atoms with Gasteiger partial charge in [0.1, 0.15) is 5.82 Å². The largest absolute Gasteiger partial charge is 0.357 e. The zero-order chi connectivity index (χ0) is 19.3. The van der Waals surface area contributed by atoms with Crippen molar-refractivity contribution in [2.45, 2.75) is 12.8 Å². The summed E-state index contributed by atoms with van der Waals surface area (Å²) >= 11 is 0. The molecule has 0 spiro atoms. The number of benzene rings is 2. The fourth-order valence-corrected chi connectivity index (χ4v) is 3.52. The molecule has 1 saturated heterocycles. The third-order valence-electron chi connectivity index (χ3n) is 4.95. The average molecular weight is 368 g/mol. The van der Waals surface area contributed by atoms with Crippen LogP contribution < -0.4 is 10.2 Å². The normalized spacial score (nSPS) is 13.2. The smallest absolute Gasteiger partial charge is 0.256 e. The molecule has 28 heavy (non-hydrogen) atoms. The Balaban J connectivity index is 1.58. The van der Waals surface area contributed by atoms with Crippen molar-refractivity contribution in [3.63, 3.8) is 0 Å². The van der Waals surface area contributed by atoms with Gasteiger partial charge in [-0.05, 0) is 42.7 Å². The molecular weight excluding hydrogens is 348 g/mol. The van der Waals surface area contributed by atoms with E-state index >= 15 is 0 Å². The summed E-state index contributed by atoms with van der Waals surface area (Å²) in [5.41, 5.74) is 3.20. The molecule has 1 aromatic heterocycles. The number of nitrogens with zero attached hydrogens (tertiary/aromatic N) is 3. The number of hydrogen-bond donors (Lipinski definition) is 1. The van der Waals surface area contributed by atoms with Crippen molar-refractivity contribution >= 4 is 17.4 Å². The quantitative estimate of drug-likeness (QED) is 0.737. The molecule has 1 fully saturated rings. The maximum Gasteiger partial charge on any atom is 0.256 e. The van der Waals surface area contributed by atoms with E-state index in [1.807, 2.05) is 48.5 Å². The molecule has 0 radical (unpaired) electrons. The lowest BCUT2D eigenvalue weighted by atomic mass is 9.95. The number of nitrogens with one attached hydrogen (secondary N) is 1. The van der Waals surface area contributed by atoms with Gasteiger partial charge in [0.2, 0.25) is 0 Å². The SMILES string of the molecule is N#Cc1ccccc1-c1ccccc1C(=O)Nc1ccc(N2CCCC2)nc1. The van der Waals surface area contributed by atoms with E-state index < -0.39 is 0 Å². The number of amides is 1. The molecule has 2 aromatic carbocycles. The van der Waals surface area contributed by atoms with Crippen LogP contribution in [-0.2, 0) is 0 Å². The van der Waals surface area contributed by atoms with Gasteiger partial charge in [0, 0.05) is 24.2 Å². The summed E-state index contributed by atoms with van der Waals surface area (Å²) in [4.78, 5) is 19.7. The number of pyridine rings is 1. The molecule has 5 heteroatoms. The average Bonchev–Trinajstić information content (AvgIpc) is 3.29. The summed E-state index contributed by atoms with van der Waals surface area (Å²) in [6, 6.07) is 20.6. The zero-order valence-electron chi connectivity index (χ0n) is 15.4. The van der Waals surface area contributed by atoms with Crippen LogP contribution in [0.25, 0.3) is 11.1 Å². The molecule has 0 saturated carbocycles. The number of nitriles is 1. The molecule has 1 amide bonds. The Hall–Kier alpha value is -3.65. The minimum Gasteiger partial charge on any atom is -0.357 e. The van der Waals surface area contributed by atoms with E-state index in [1.165, 1.54) is 12.8 Å². The minimum absolute atomic E-state index is 0.223. The molecule has 5 nitrogen and oxygen atoms in total. The van der Waals surface area contributed by atoms with Gasteiger partial charge < -0.3 is 10.2 Å². The Morgan fingerprint density at radius 1 is 0.964 bits per heavy atom. The van der Waals surface area contributed by atoms with Gasteiger partial charge in [-0.2, -0.15) is 5.26 Å². The fourth-order valence-electron chi connectivity index (χ4n) is 3.52. The van der Waals surface area contributed by atoms with Crippen molar-refractivity contribution in [1.29, 1.82) is 5.26 Å².